The molecule has 2 rings (SSSR count). The molecule has 16 heavy (non-hydrogen) atoms. The topological polar surface area (TPSA) is 15.3 Å². The van der Waals surface area contributed by atoms with E-state index in [-0.39, 0.29) is 5.54 Å². The standard InChI is InChI=1S/C14H22N2/c1-12-6-4-7-13(10-12)14(16(2)3)8-5-9-15-11-14/h4,6-7,10,15H,5,8-9,11H2,1-3H3. The van der Waals surface area contributed by atoms with Gasteiger partial charge in [0.25, 0.3) is 0 Å². The zero-order valence-corrected chi connectivity index (χ0v) is 10.6. The van der Waals surface area contributed by atoms with Crippen molar-refractivity contribution < 1.29 is 0 Å². The van der Waals surface area contributed by atoms with Crippen molar-refractivity contribution >= 4 is 0 Å². The minimum absolute atomic E-state index is 0.185. The Hall–Kier alpha value is -0.860. The van der Waals surface area contributed by atoms with E-state index in [1.165, 1.54) is 24.0 Å². The van der Waals surface area contributed by atoms with E-state index in [2.05, 4.69) is 55.5 Å². The van der Waals surface area contributed by atoms with Gasteiger partial charge in [-0.15, -0.1) is 0 Å². The number of rotatable bonds is 2. The van der Waals surface area contributed by atoms with Crippen molar-refractivity contribution in [1.29, 1.82) is 0 Å². The Morgan fingerprint density at radius 2 is 2.12 bits per heavy atom. The Morgan fingerprint density at radius 3 is 2.69 bits per heavy atom. The van der Waals surface area contributed by atoms with Gasteiger partial charge in [-0.25, -0.2) is 0 Å². The van der Waals surface area contributed by atoms with E-state index in [0.29, 0.717) is 0 Å². The smallest absolute Gasteiger partial charge is 0.0581 e. The minimum atomic E-state index is 0.185. The molecule has 0 saturated carbocycles. The predicted octanol–water partition coefficient (Wildman–Crippen LogP) is 2.14. The highest BCUT2D eigenvalue weighted by Gasteiger charge is 2.35. The number of aryl methyl sites for hydroxylation is 1. The Morgan fingerprint density at radius 1 is 1.31 bits per heavy atom. The molecule has 0 radical (unpaired) electrons. The number of likely N-dealkylation sites (N-methyl/N-ethyl adjacent to an activating group) is 1. The third kappa shape index (κ3) is 2.00. The first-order chi connectivity index (χ1) is 7.65. The van der Waals surface area contributed by atoms with E-state index in [1.54, 1.807) is 0 Å². The molecule has 1 fully saturated rings. The van der Waals surface area contributed by atoms with Crippen LogP contribution in [-0.2, 0) is 5.54 Å². The molecule has 2 nitrogen and oxygen atoms in total. The molecule has 1 aliphatic rings. The van der Waals surface area contributed by atoms with E-state index in [1.807, 2.05) is 0 Å². The summed E-state index contributed by atoms with van der Waals surface area (Å²) in [6.45, 7) is 4.38. The second-order valence-electron chi connectivity index (χ2n) is 5.08. The van der Waals surface area contributed by atoms with E-state index in [0.717, 1.165) is 13.1 Å². The van der Waals surface area contributed by atoms with Crippen molar-refractivity contribution in [3.05, 3.63) is 35.4 Å². The molecule has 0 spiro atoms. The van der Waals surface area contributed by atoms with Gasteiger partial charge in [-0.05, 0) is 46.0 Å². The zero-order chi connectivity index (χ0) is 11.6. The molecule has 1 saturated heterocycles. The number of hydrogen-bond donors (Lipinski definition) is 1. The normalized spacial score (nSPS) is 26.0. The highest BCUT2D eigenvalue weighted by molar-refractivity contribution is 5.30. The maximum Gasteiger partial charge on any atom is 0.0581 e. The van der Waals surface area contributed by atoms with Gasteiger partial charge in [-0.2, -0.15) is 0 Å². The predicted molar refractivity (Wildman–Crippen MR) is 68.6 cm³/mol. The third-order valence-corrected chi connectivity index (χ3v) is 3.77. The van der Waals surface area contributed by atoms with E-state index >= 15 is 0 Å². The summed E-state index contributed by atoms with van der Waals surface area (Å²) < 4.78 is 0. The number of piperidine rings is 1. The van der Waals surface area contributed by atoms with Gasteiger partial charge in [0, 0.05) is 6.54 Å². The molecule has 2 heteroatoms. The lowest BCUT2D eigenvalue weighted by atomic mass is 9.81. The van der Waals surface area contributed by atoms with Crippen molar-refractivity contribution in [2.24, 2.45) is 0 Å². The Bertz CT molecular complexity index is 352. The Kier molecular flexibility index (Phi) is 3.31. The van der Waals surface area contributed by atoms with Crippen molar-refractivity contribution in [3.63, 3.8) is 0 Å². The van der Waals surface area contributed by atoms with Crippen LogP contribution in [0.1, 0.15) is 24.0 Å². The van der Waals surface area contributed by atoms with Crippen molar-refractivity contribution in [1.82, 2.24) is 10.2 Å². The van der Waals surface area contributed by atoms with E-state index in [4.69, 9.17) is 0 Å². The monoisotopic (exact) mass is 218 g/mol. The number of nitrogens with zero attached hydrogens (tertiary/aromatic N) is 1. The first kappa shape index (κ1) is 11.6. The lowest BCUT2D eigenvalue weighted by molar-refractivity contribution is 0.113. The van der Waals surface area contributed by atoms with Gasteiger partial charge < -0.3 is 5.32 Å². The van der Waals surface area contributed by atoms with Gasteiger partial charge in [0.05, 0.1) is 5.54 Å². The summed E-state index contributed by atoms with van der Waals surface area (Å²) >= 11 is 0. The van der Waals surface area contributed by atoms with Crippen LogP contribution in [0.25, 0.3) is 0 Å². The van der Waals surface area contributed by atoms with Crippen LogP contribution in [0, 0.1) is 6.92 Å². The van der Waals surface area contributed by atoms with Gasteiger partial charge in [0.15, 0.2) is 0 Å². The molecule has 1 heterocycles. The fourth-order valence-corrected chi connectivity index (χ4v) is 2.71. The van der Waals surface area contributed by atoms with Crippen molar-refractivity contribution in [2.45, 2.75) is 25.3 Å². The van der Waals surface area contributed by atoms with Crippen LogP contribution in [0.2, 0.25) is 0 Å². The first-order valence-electron chi connectivity index (χ1n) is 6.10. The average molecular weight is 218 g/mol. The molecule has 1 N–H and O–H groups in total. The van der Waals surface area contributed by atoms with Crippen LogP contribution in [0.3, 0.4) is 0 Å². The van der Waals surface area contributed by atoms with Crippen molar-refractivity contribution in [3.8, 4) is 0 Å². The molecule has 1 aromatic carbocycles. The molecule has 1 atom stereocenters. The summed E-state index contributed by atoms with van der Waals surface area (Å²) in [4.78, 5) is 2.37. The van der Waals surface area contributed by atoms with Gasteiger partial charge >= 0.3 is 0 Å². The fraction of sp³-hybridized carbons (Fsp3) is 0.571. The second-order valence-corrected chi connectivity index (χ2v) is 5.08. The summed E-state index contributed by atoms with van der Waals surface area (Å²) in [6, 6.07) is 8.93. The number of nitrogens with one attached hydrogen (secondary N) is 1. The molecular weight excluding hydrogens is 196 g/mol. The van der Waals surface area contributed by atoms with Gasteiger partial charge in [-0.3, -0.25) is 4.90 Å². The van der Waals surface area contributed by atoms with Gasteiger partial charge in [-0.1, -0.05) is 29.8 Å². The van der Waals surface area contributed by atoms with E-state index in [9.17, 15) is 0 Å². The highest BCUT2D eigenvalue weighted by Crippen LogP contribution is 2.33. The maximum atomic E-state index is 3.53. The second kappa shape index (κ2) is 4.56. The molecule has 0 amide bonds. The summed E-state index contributed by atoms with van der Waals surface area (Å²) in [5.74, 6) is 0. The molecule has 1 aromatic rings. The quantitative estimate of drug-likeness (QED) is 0.818. The van der Waals surface area contributed by atoms with Gasteiger partial charge in [0.2, 0.25) is 0 Å². The largest absolute Gasteiger partial charge is 0.315 e. The number of benzene rings is 1. The third-order valence-electron chi connectivity index (χ3n) is 3.77. The SMILES string of the molecule is Cc1cccc(C2(N(C)C)CCCNC2)c1. The summed E-state index contributed by atoms with van der Waals surface area (Å²) in [5, 5.41) is 3.53. The van der Waals surface area contributed by atoms with Crippen LogP contribution < -0.4 is 5.32 Å². The maximum absolute atomic E-state index is 3.53. The molecule has 0 aromatic heterocycles. The molecule has 88 valence electrons. The molecule has 1 aliphatic heterocycles. The highest BCUT2D eigenvalue weighted by atomic mass is 15.2. The van der Waals surface area contributed by atoms with Crippen LogP contribution in [0.5, 0.6) is 0 Å². The number of hydrogen-bond acceptors (Lipinski definition) is 2. The molecule has 0 aliphatic carbocycles. The molecular formula is C14H22N2. The van der Waals surface area contributed by atoms with Crippen LogP contribution in [0.4, 0.5) is 0 Å². The lowest BCUT2D eigenvalue weighted by Gasteiger charge is -2.44. The Balaban J connectivity index is 2.38. The fourth-order valence-electron chi connectivity index (χ4n) is 2.71. The minimum Gasteiger partial charge on any atom is -0.315 e. The lowest BCUT2D eigenvalue weighted by Crippen LogP contribution is -2.52. The van der Waals surface area contributed by atoms with Crippen LogP contribution in [0.15, 0.2) is 24.3 Å². The Labute approximate surface area is 98.7 Å². The summed E-state index contributed by atoms with van der Waals surface area (Å²) in [7, 11) is 4.38. The molecule has 0 bridgehead atoms. The van der Waals surface area contributed by atoms with Crippen molar-refractivity contribution in [2.75, 3.05) is 27.2 Å². The van der Waals surface area contributed by atoms with Crippen LogP contribution in [-0.4, -0.2) is 32.1 Å². The molecule has 1 unspecified atom stereocenters. The van der Waals surface area contributed by atoms with Crippen LogP contribution >= 0.6 is 0 Å². The van der Waals surface area contributed by atoms with E-state index < -0.39 is 0 Å². The average Bonchev–Trinajstić information content (AvgIpc) is 2.30. The first-order valence-corrected chi connectivity index (χ1v) is 6.10. The van der Waals surface area contributed by atoms with Gasteiger partial charge in [0.1, 0.15) is 0 Å². The zero-order valence-electron chi connectivity index (χ0n) is 10.6. The summed E-state index contributed by atoms with van der Waals surface area (Å²) in [6.07, 6.45) is 2.50. The summed E-state index contributed by atoms with van der Waals surface area (Å²) in [5.41, 5.74) is 2.98.